The van der Waals surface area contributed by atoms with Crippen molar-refractivity contribution in [3.05, 3.63) is 83.6 Å². The molecule has 1 fully saturated rings. The van der Waals surface area contributed by atoms with Crippen LogP contribution in [-0.4, -0.2) is 38.5 Å². The molecule has 144 valence electrons. The minimum atomic E-state index is -0.521. The van der Waals surface area contributed by atoms with E-state index in [1.54, 1.807) is 4.90 Å². The van der Waals surface area contributed by atoms with Crippen LogP contribution >= 0.6 is 0 Å². The van der Waals surface area contributed by atoms with Crippen molar-refractivity contribution in [3.63, 3.8) is 0 Å². The van der Waals surface area contributed by atoms with Crippen molar-refractivity contribution in [2.24, 2.45) is 0 Å². The first-order valence-corrected chi connectivity index (χ1v) is 9.49. The number of likely N-dealkylation sites (tertiary alicyclic amines) is 1. The van der Waals surface area contributed by atoms with Gasteiger partial charge in [0.1, 0.15) is 0 Å². The molecule has 0 radical (unpaired) electrons. The lowest BCUT2D eigenvalue weighted by Crippen LogP contribution is -2.35. The Labute approximate surface area is 164 Å². The molecule has 2 aromatic carbocycles. The van der Waals surface area contributed by atoms with Gasteiger partial charge in [-0.15, -0.1) is 0 Å². The minimum absolute atomic E-state index is 0.136. The van der Waals surface area contributed by atoms with Crippen LogP contribution in [0.1, 0.15) is 29.2 Å². The summed E-state index contributed by atoms with van der Waals surface area (Å²) >= 11 is 0. The normalized spacial score (nSPS) is 19.0. The number of aliphatic hydroxyl groups excluding tert-OH is 1. The number of carbonyl (C=O) groups excluding carboxylic acids is 1. The van der Waals surface area contributed by atoms with Crippen LogP contribution in [0.3, 0.4) is 0 Å². The van der Waals surface area contributed by atoms with E-state index in [1.165, 1.54) is 0 Å². The molecule has 1 aliphatic rings. The molecule has 0 spiro atoms. The number of rotatable bonds is 4. The smallest absolute Gasteiger partial charge is 0.323 e. The zero-order valence-electron chi connectivity index (χ0n) is 15.8. The number of β-amino-alcohol motifs (C(OH)–C–C–N with tert-alkyl or cyclic N) is 1. The van der Waals surface area contributed by atoms with E-state index in [1.807, 2.05) is 78.5 Å². The van der Waals surface area contributed by atoms with Gasteiger partial charge in [-0.25, -0.2) is 4.79 Å². The van der Waals surface area contributed by atoms with Crippen molar-refractivity contribution < 1.29 is 9.90 Å². The van der Waals surface area contributed by atoms with Gasteiger partial charge in [0.15, 0.2) is 5.82 Å². The number of hydrogen-bond acceptors (Lipinski definition) is 3. The SMILES string of the molecule is Cc1cn(Cc2ccccc2)nc1NC(=O)N1CC(O)CC1c1ccccc1. The lowest BCUT2D eigenvalue weighted by molar-refractivity contribution is 0.175. The summed E-state index contributed by atoms with van der Waals surface area (Å²) in [4.78, 5) is 14.6. The number of urea groups is 1. The number of amides is 2. The number of anilines is 1. The summed E-state index contributed by atoms with van der Waals surface area (Å²) in [5.74, 6) is 0.550. The Morgan fingerprint density at radius 3 is 2.54 bits per heavy atom. The van der Waals surface area contributed by atoms with Gasteiger partial charge in [-0.05, 0) is 24.5 Å². The van der Waals surface area contributed by atoms with Gasteiger partial charge in [0, 0.05) is 18.3 Å². The highest BCUT2D eigenvalue weighted by molar-refractivity contribution is 5.89. The molecule has 1 aromatic heterocycles. The largest absolute Gasteiger partial charge is 0.391 e. The third-order valence-corrected chi connectivity index (χ3v) is 5.08. The number of aliphatic hydroxyl groups is 1. The fraction of sp³-hybridized carbons (Fsp3) is 0.273. The Hall–Kier alpha value is -3.12. The van der Waals surface area contributed by atoms with Gasteiger partial charge >= 0.3 is 6.03 Å². The second kappa shape index (κ2) is 7.86. The molecule has 6 heteroatoms. The van der Waals surface area contributed by atoms with Crippen molar-refractivity contribution in [3.8, 4) is 0 Å². The van der Waals surface area contributed by atoms with Gasteiger partial charge in [0.25, 0.3) is 0 Å². The van der Waals surface area contributed by atoms with Gasteiger partial charge < -0.3 is 10.0 Å². The molecule has 3 aromatic rings. The molecule has 1 saturated heterocycles. The molecular formula is C22H24N4O2. The van der Waals surface area contributed by atoms with Crippen molar-refractivity contribution in [1.29, 1.82) is 0 Å². The number of nitrogens with zero attached hydrogens (tertiary/aromatic N) is 3. The van der Waals surface area contributed by atoms with E-state index >= 15 is 0 Å². The first-order chi connectivity index (χ1) is 13.6. The van der Waals surface area contributed by atoms with Gasteiger partial charge in [0.2, 0.25) is 0 Å². The van der Waals surface area contributed by atoms with Crippen molar-refractivity contribution in [2.75, 3.05) is 11.9 Å². The topological polar surface area (TPSA) is 70.4 Å². The highest BCUT2D eigenvalue weighted by Crippen LogP contribution is 2.32. The molecule has 0 saturated carbocycles. The van der Waals surface area contributed by atoms with Gasteiger partial charge in [-0.1, -0.05) is 60.7 Å². The van der Waals surface area contributed by atoms with Crippen LogP contribution in [0.5, 0.6) is 0 Å². The number of aryl methyl sites for hydroxylation is 1. The maximum absolute atomic E-state index is 12.9. The average molecular weight is 376 g/mol. The van der Waals surface area contributed by atoms with Gasteiger partial charge in [-0.2, -0.15) is 5.10 Å². The number of benzene rings is 2. The lowest BCUT2D eigenvalue weighted by atomic mass is 10.0. The number of hydrogen-bond donors (Lipinski definition) is 2. The number of nitrogens with one attached hydrogen (secondary N) is 1. The third kappa shape index (κ3) is 3.92. The second-order valence-electron chi connectivity index (χ2n) is 7.24. The van der Waals surface area contributed by atoms with E-state index in [9.17, 15) is 9.90 Å². The maximum Gasteiger partial charge on any atom is 0.323 e. The van der Waals surface area contributed by atoms with Crippen molar-refractivity contribution in [1.82, 2.24) is 14.7 Å². The molecule has 2 N–H and O–H groups in total. The molecule has 2 amide bonds. The molecule has 1 aliphatic heterocycles. The van der Waals surface area contributed by atoms with Crippen LogP contribution in [0.15, 0.2) is 66.9 Å². The fourth-order valence-electron chi connectivity index (χ4n) is 3.70. The summed E-state index contributed by atoms with van der Waals surface area (Å²) in [6, 6.07) is 19.5. The average Bonchev–Trinajstić information content (AvgIpc) is 3.26. The van der Waals surface area contributed by atoms with Crippen LogP contribution < -0.4 is 5.32 Å². The molecule has 4 rings (SSSR count). The molecule has 28 heavy (non-hydrogen) atoms. The van der Waals surface area contributed by atoms with E-state index in [0.29, 0.717) is 25.3 Å². The predicted molar refractivity (Wildman–Crippen MR) is 108 cm³/mol. The predicted octanol–water partition coefficient (Wildman–Crippen LogP) is 3.58. The quantitative estimate of drug-likeness (QED) is 0.731. The molecule has 6 nitrogen and oxygen atoms in total. The maximum atomic E-state index is 12.9. The van der Waals surface area contributed by atoms with Crippen LogP contribution in [-0.2, 0) is 6.54 Å². The number of aromatic nitrogens is 2. The van der Waals surface area contributed by atoms with Crippen LogP contribution in [0.25, 0.3) is 0 Å². The molecule has 0 aliphatic carbocycles. The zero-order valence-corrected chi connectivity index (χ0v) is 15.8. The Morgan fingerprint density at radius 1 is 1.14 bits per heavy atom. The highest BCUT2D eigenvalue weighted by Gasteiger charge is 2.35. The summed E-state index contributed by atoms with van der Waals surface area (Å²) in [5, 5.41) is 17.6. The summed E-state index contributed by atoms with van der Waals surface area (Å²) in [6.07, 6.45) is 1.95. The van der Waals surface area contributed by atoms with Gasteiger partial charge in [0.05, 0.1) is 18.7 Å². The highest BCUT2D eigenvalue weighted by atomic mass is 16.3. The number of carbonyl (C=O) groups is 1. The minimum Gasteiger partial charge on any atom is -0.391 e. The summed E-state index contributed by atoms with van der Waals surface area (Å²) in [6.45, 7) is 2.89. The molecule has 2 heterocycles. The zero-order chi connectivity index (χ0) is 19.5. The van der Waals surface area contributed by atoms with Crippen molar-refractivity contribution >= 4 is 11.8 Å². The van der Waals surface area contributed by atoms with Crippen LogP contribution in [0.4, 0.5) is 10.6 Å². The molecule has 0 bridgehead atoms. The fourth-order valence-corrected chi connectivity index (χ4v) is 3.70. The lowest BCUT2D eigenvalue weighted by Gasteiger charge is -2.24. The molecule has 2 atom stereocenters. The standard InChI is InChI=1S/C22H24N4O2/c1-16-13-25(14-17-8-4-2-5-9-17)24-21(16)23-22(28)26-15-19(27)12-20(26)18-10-6-3-7-11-18/h2-11,13,19-20,27H,12,14-15H2,1H3,(H,23,24,28). The monoisotopic (exact) mass is 376 g/mol. The third-order valence-electron chi connectivity index (χ3n) is 5.08. The second-order valence-corrected chi connectivity index (χ2v) is 7.24. The van der Waals surface area contributed by atoms with E-state index < -0.39 is 6.10 Å². The van der Waals surface area contributed by atoms with Crippen LogP contribution in [0, 0.1) is 6.92 Å². The van der Waals surface area contributed by atoms with E-state index in [0.717, 1.165) is 16.7 Å². The van der Waals surface area contributed by atoms with E-state index in [2.05, 4.69) is 10.4 Å². The first-order valence-electron chi connectivity index (χ1n) is 9.49. The Morgan fingerprint density at radius 2 is 1.82 bits per heavy atom. The van der Waals surface area contributed by atoms with Crippen LogP contribution in [0.2, 0.25) is 0 Å². The Bertz CT molecular complexity index is 940. The van der Waals surface area contributed by atoms with E-state index in [4.69, 9.17) is 0 Å². The summed E-state index contributed by atoms with van der Waals surface area (Å²) in [7, 11) is 0. The first kappa shape index (κ1) is 18.3. The molecule has 2 unspecified atom stereocenters. The summed E-state index contributed by atoms with van der Waals surface area (Å²) < 4.78 is 1.83. The van der Waals surface area contributed by atoms with E-state index in [-0.39, 0.29) is 12.1 Å². The Kier molecular flexibility index (Phi) is 5.12. The van der Waals surface area contributed by atoms with Gasteiger partial charge in [-0.3, -0.25) is 10.00 Å². The molecular weight excluding hydrogens is 352 g/mol. The summed E-state index contributed by atoms with van der Waals surface area (Å²) in [5.41, 5.74) is 3.08. The Balaban J connectivity index is 1.48. The van der Waals surface area contributed by atoms with Crippen molar-refractivity contribution in [2.45, 2.75) is 32.0 Å².